The van der Waals surface area contributed by atoms with Crippen LogP contribution in [-0.2, 0) is 0 Å². The topological polar surface area (TPSA) is 128 Å². The highest BCUT2D eigenvalue weighted by molar-refractivity contribution is 7.17. The number of nitrogens with two attached hydrogens (primary N) is 1. The normalized spacial score (nSPS) is 11.9. The molecule has 0 radical (unpaired) electrons. The maximum Gasteiger partial charge on any atom is 0.335 e. The summed E-state index contributed by atoms with van der Waals surface area (Å²) in [6.45, 7) is 0.282. The summed E-state index contributed by atoms with van der Waals surface area (Å²) in [5.41, 5.74) is 9.96. The number of carbonyl (C=O) groups is 1. The summed E-state index contributed by atoms with van der Waals surface area (Å²) in [4.78, 5) is 14.2. The summed E-state index contributed by atoms with van der Waals surface area (Å²) < 4.78 is 1.09. The Kier molecular flexibility index (Phi) is 5.62. The van der Waals surface area contributed by atoms with Gasteiger partial charge in [0.15, 0.2) is 0 Å². The van der Waals surface area contributed by atoms with Crippen molar-refractivity contribution in [3.63, 3.8) is 0 Å². The van der Waals surface area contributed by atoms with Crippen molar-refractivity contribution < 1.29 is 15.0 Å². The Labute approximate surface area is 175 Å². The minimum Gasteiger partial charge on any atom is -0.478 e. The summed E-state index contributed by atoms with van der Waals surface area (Å²) >= 11 is 1.63. The quantitative estimate of drug-likeness (QED) is 0.298. The average Bonchev–Trinajstić information content (AvgIpc) is 3.48. The first-order valence-corrected chi connectivity index (χ1v) is 10.2. The van der Waals surface area contributed by atoms with Crippen LogP contribution < -0.4 is 5.73 Å². The van der Waals surface area contributed by atoms with Gasteiger partial charge < -0.3 is 20.9 Å². The molecule has 0 bridgehead atoms. The van der Waals surface area contributed by atoms with Crippen LogP contribution in [0.5, 0.6) is 0 Å². The van der Waals surface area contributed by atoms with Crippen LogP contribution in [0.2, 0.25) is 0 Å². The number of thiophene rings is 1. The fraction of sp³-hybridized carbons (Fsp3) is 0.0909. The van der Waals surface area contributed by atoms with Crippen molar-refractivity contribution in [1.29, 1.82) is 0 Å². The van der Waals surface area contributed by atoms with E-state index in [4.69, 9.17) is 10.8 Å². The predicted octanol–water partition coefficient (Wildman–Crippen LogP) is 4.15. The molecule has 8 heteroatoms. The van der Waals surface area contributed by atoms with Gasteiger partial charge in [-0.3, -0.25) is 5.10 Å². The van der Waals surface area contributed by atoms with Gasteiger partial charge in [0.05, 0.1) is 27.6 Å². The molecule has 0 spiro atoms. The van der Waals surface area contributed by atoms with Crippen LogP contribution >= 0.6 is 11.3 Å². The Balaban J connectivity index is 0.000000185. The lowest BCUT2D eigenvalue weighted by molar-refractivity contribution is 0.0697. The number of aromatic carboxylic acids is 1. The monoisotopic (exact) mass is 420 g/mol. The van der Waals surface area contributed by atoms with Crippen LogP contribution in [0.1, 0.15) is 22.0 Å². The van der Waals surface area contributed by atoms with E-state index < -0.39 is 12.1 Å². The van der Waals surface area contributed by atoms with Gasteiger partial charge in [-0.2, -0.15) is 5.10 Å². The first-order valence-electron chi connectivity index (χ1n) is 9.28. The fourth-order valence-corrected chi connectivity index (χ4v) is 3.98. The van der Waals surface area contributed by atoms with Crippen molar-refractivity contribution in [3.05, 3.63) is 77.2 Å². The molecule has 0 aliphatic carbocycles. The Bertz CT molecular complexity index is 1290. The van der Waals surface area contributed by atoms with Gasteiger partial charge in [0.25, 0.3) is 0 Å². The van der Waals surface area contributed by atoms with Gasteiger partial charge in [0.2, 0.25) is 0 Å². The number of hydrogen-bond acceptors (Lipinski definition) is 5. The summed E-state index contributed by atoms with van der Waals surface area (Å²) in [6, 6.07) is 18.4. The number of hydrogen-bond donors (Lipinski definition) is 5. The van der Waals surface area contributed by atoms with Gasteiger partial charge in [0.1, 0.15) is 5.69 Å². The lowest BCUT2D eigenvalue weighted by atomic mass is 10.1. The second-order valence-electron chi connectivity index (χ2n) is 6.69. The van der Waals surface area contributed by atoms with Gasteiger partial charge >= 0.3 is 5.97 Å². The third-order valence-electron chi connectivity index (χ3n) is 4.70. The van der Waals surface area contributed by atoms with Crippen LogP contribution in [0.15, 0.2) is 66.0 Å². The van der Waals surface area contributed by atoms with Crippen LogP contribution in [0, 0.1) is 0 Å². The summed E-state index contributed by atoms with van der Waals surface area (Å²) in [5, 5.41) is 28.5. The molecule has 0 saturated heterocycles. The Hall–Kier alpha value is -3.46. The number of nitrogens with zero attached hydrogens (tertiary/aromatic N) is 1. The smallest absolute Gasteiger partial charge is 0.335 e. The van der Waals surface area contributed by atoms with E-state index in [0.717, 1.165) is 38.1 Å². The molecule has 30 heavy (non-hydrogen) atoms. The fourth-order valence-electron chi connectivity index (χ4n) is 3.13. The molecule has 5 rings (SSSR count). The Morgan fingerprint density at radius 3 is 2.63 bits per heavy atom. The van der Waals surface area contributed by atoms with Crippen molar-refractivity contribution in [3.8, 4) is 11.4 Å². The highest BCUT2D eigenvalue weighted by Crippen LogP contribution is 2.31. The molecule has 2 aromatic carbocycles. The van der Waals surface area contributed by atoms with Crippen molar-refractivity contribution in [1.82, 2.24) is 15.2 Å². The van der Waals surface area contributed by atoms with E-state index in [9.17, 15) is 9.90 Å². The van der Waals surface area contributed by atoms with Gasteiger partial charge in [-0.25, -0.2) is 4.79 Å². The molecular formula is C22H20N4O3S. The van der Waals surface area contributed by atoms with Crippen molar-refractivity contribution in [2.75, 3.05) is 6.54 Å². The van der Waals surface area contributed by atoms with Gasteiger partial charge in [-0.15, -0.1) is 11.3 Å². The van der Waals surface area contributed by atoms with Crippen LogP contribution in [0.4, 0.5) is 0 Å². The molecule has 3 heterocycles. The summed E-state index contributed by atoms with van der Waals surface area (Å²) in [7, 11) is 0. The second kappa shape index (κ2) is 8.50. The summed E-state index contributed by atoms with van der Waals surface area (Å²) in [6.07, 6.45) is -0.513. The first-order chi connectivity index (χ1) is 14.6. The highest BCUT2D eigenvalue weighted by atomic mass is 32.1. The van der Waals surface area contributed by atoms with E-state index in [1.807, 2.05) is 47.8 Å². The minimum atomic E-state index is -0.927. The third-order valence-corrected chi connectivity index (χ3v) is 5.62. The molecule has 0 aliphatic rings. The second-order valence-corrected chi connectivity index (χ2v) is 7.60. The van der Waals surface area contributed by atoms with E-state index in [2.05, 4.69) is 15.2 Å². The van der Waals surface area contributed by atoms with E-state index in [1.54, 1.807) is 29.5 Å². The average molecular weight is 420 g/mol. The van der Waals surface area contributed by atoms with Crippen molar-refractivity contribution >= 4 is 38.4 Å². The van der Waals surface area contributed by atoms with Crippen molar-refractivity contribution in [2.45, 2.75) is 6.10 Å². The number of nitrogens with one attached hydrogen (secondary N) is 2. The first kappa shape index (κ1) is 19.8. The molecule has 6 N–H and O–H groups in total. The Morgan fingerprint density at radius 1 is 1.10 bits per heavy atom. The molecule has 0 saturated carbocycles. The summed E-state index contributed by atoms with van der Waals surface area (Å²) in [5.74, 6) is -0.927. The lowest BCUT2D eigenvalue weighted by Crippen LogP contribution is -2.10. The standard InChI is InChI=1S/C14H9N3O2S.C8H11NO/c18-14(19)8-2-1-7-5-11(15-10(7)6-8)12-13-9(16-17-12)3-4-20-13;9-6-8(10)7-4-2-1-3-5-7/h1-6,15H,(H,16,17)(H,18,19);1-5,8,10H,6,9H2. The molecule has 1 atom stereocenters. The van der Waals surface area contributed by atoms with E-state index in [-0.39, 0.29) is 12.1 Å². The number of carboxylic acid groups (broad SMARTS) is 1. The molecule has 1 unspecified atom stereocenters. The third kappa shape index (κ3) is 3.97. The van der Waals surface area contributed by atoms with E-state index in [0.29, 0.717) is 0 Å². The number of aromatic nitrogens is 3. The number of benzene rings is 2. The minimum absolute atomic E-state index is 0.272. The molecule has 5 aromatic rings. The van der Waals surface area contributed by atoms with E-state index >= 15 is 0 Å². The van der Waals surface area contributed by atoms with Gasteiger partial charge in [-0.05, 0) is 35.2 Å². The molecule has 152 valence electrons. The number of fused-ring (bicyclic) bond motifs is 2. The van der Waals surface area contributed by atoms with Crippen molar-refractivity contribution in [2.24, 2.45) is 5.73 Å². The van der Waals surface area contributed by atoms with Crippen LogP contribution in [0.3, 0.4) is 0 Å². The van der Waals surface area contributed by atoms with Crippen LogP contribution in [0.25, 0.3) is 32.5 Å². The molecular weight excluding hydrogens is 400 g/mol. The molecule has 3 aromatic heterocycles. The maximum atomic E-state index is 11.0. The lowest BCUT2D eigenvalue weighted by Gasteiger charge is -2.05. The number of rotatable bonds is 4. The number of H-pyrrole nitrogens is 2. The SMILES string of the molecule is NCC(O)c1ccccc1.O=C(O)c1ccc2cc(-c3n[nH]c4ccsc34)[nH]c2c1. The number of aromatic amines is 2. The van der Waals surface area contributed by atoms with Gasteiger partial charge in [0, 0.05) is 17.4 Å². The van der Waals surface area contributed by atoms with Gasteiger partial charge in [-0.1, -0.05) is 36.4 Å². The zero-order valence-corrected chi connectivity index (χ0v) is 16.7. The van der Waals surface area contributed by atoms with Crippen LogP contribution in [-0.4, -0.2) is 37.9 Å². The zero-order chi connectivity index (χ0) is 21.1. The maximum absolute atomic E-state index is 11.0. The molecule has 0 aliphatic heterocycles. The number of carboxylic acids is 1. The molecule has 7 nitrogen and oxygen atoms in total. The highest BCUT2D eigenvalue weighted by Gasteiger charge is 2.13. The predicted molar refractivity (Wildman–Crippen MR) is 119 cm³/mol. The number of aliphatic hydroxyl groups is 1. The molecule has 0 fully saturated rings. The molecule has 0 amide bonds. The number of aliphatic hydroxyl groups excluding tert-OH is 1. The zero-order valence-electron chi connectivity index (χ0n) is 15.9. The largest absolute Gasteiger partial charge is 0.478 e. The Morgan fingerprint density at radius 2 is 1.90 bits per heavy atom. The van der Waals surface area contributed by atoms with E-state index in [1.165, 1.54) is 0 Å².